The van der Waals surface area contributed by atoms with Crippen molar-refractivity contribution in [3.05, 3.63) is 63.9 Å². The fourth-order valence-corrected chi connectivity index (χ4v) is 4.98. The fraction of sp³-hybridized carbons (Fsp3) is 0.308. The van der Waals surface area contributed by atoms with Crippen LogP contribution < -0.4 is 20.3 Å². The van der Waals surface area contributed by atoms with Crippen molar-refractivity contribution in [2.75, 3.05) is 32.9 Å². The van der Waals surface area contributed by atoms with Crippen LogP contribution in [0.2, 0.25) is 0 Å². The summed E-state index contributed by atoms with van der Waals surface area (Å²) in [4.78, 5) is 18.3. The first kappa shape index (κ1) is 20.2. The summed E-state index contributed by atoms with van der Waals surface area (Å²) in [6.45, 7) is 3.09. The van der Waals surface area contributed by atoms with Crippen molar-refractivity contribution in [1.29, 1.82) is 0 Å². The number of hydrogen-bond acceptors (Lipinski definition) is 6. The maximum Gasteiger partial charge on any atom is 0.259 e. The van der Waals surface area contributed by atoms with Gasteiger partial charge in [0.2, 0.25) is 0 Å². The summed E-state index contributed by atoms with van der Waals surface area (Å²) in [5.41, 5.74) is 4.92. The van der Waals surface area contributed by atoms with E-state index in [2.05, 4.69) is 11.4 Å². The van der Waals surface area contributed by atoms with Crippen LogP contribution >= 0.6 is 0 Å². The largest absolute Gasteiger partial charge is 0.486 e. The maximum absolute atomic E-state index is 13.3. The van der Waals surface area contributed by atoms with Crippen molar-refractivity contribution in [3.63, 3.8) is 0 Å². The van der Waals surface area contributed by atoms with E-state index in [1.807, 2.05) is 41.0 Å². The van der Waals surface area contributed by atoms with Crippen LogP contribution in [0.3, 0.4) is 0 Å². The van der Waals surface area contributed by atoms with Crippen LogP contribution in [0.5, 0.6) is 11.5 Å². The van der Waals surface area contributed by atoms with E-state index in [-0.39, 0.29) is 12.2 Å². The van der Waals surface area contributed by atoms with E-state index < -0.39 is 0 Å². The van der Waals surface area contributed by atoms with Crippen molar-refractivity contribution < 1.29 is 14.6 Å². The van der Waals surface area contributed by atoms with Gasteiger partial charge in [-0.3, -0.25) is 4.79 Å². The van der Waals surface area contributed by atoms with Crippen molar-refractivity contribution in [3.8, 4) is 22.9 Å². The van der Waals surface area contributed by atoms with Gasteiger partial charge in [0.25, 0.3) is 5.56 Å². The van der Waals surface area contributed by atoms with Gasteiger partial charge in [-0.15, -0.1) is 0 Å². The summed E-state index contributed by atoms with van der Waals surface area (Å²) in [6, 6.07) is 13.8. The van der Waals surface area contributed by atoms with Crippen LogP contribution in [0.1, 0.15) is 17.5 Å². The second kappa shape index (κ2) is 8.17. The maximum atomic E-state index is 13.3. The average molecular weight is 444 g/mol. The van der Waals surface area contributed by atoms with Crippen molar-refractivity contribution in [2.45, 2.75) is 19.4 Å². The molecule has 33 heavy (non-hydrogen) atoms. The van der Waals surface area contributed by atoms with Gasteiger partial charge in [0.05, 0.1) is 30.1 Å². The second-order valence-corrected chi connectivity index (χ2v) is 8.52. The van der Waals surface area contributed by atoms with Gasteiger partial charge in [-0.2, -0.15) is 0 Å². The van der Waals surface area contributed by atoms with Gasteiger partial charge >= 0.3 is 0 Å². The molecular formula is C26H25N3O4. The number of aromatic nitrogens is 2. The Morgan fingerprint density at radius 3 is 2.70 bits per heavy atom. The molecule has 0 amide bonds. The predicted molar refractivity (Wildman–Crippen MR) is 127 cm³/mol. The van der Waals surface area contributed by atoms with Gasteiger partial charge in [-0.05, 0) is 48.5 Å². The van der Waals surface area contributed by atoms with Crippen molar-refractivity contribution in [2.24, 2.45) is 0 Å². The highest BCUT2D eigenvalue weighted by atomic mass is 16.6. The number of fused-ring (bicyclic) bond motifs is 6. The molecule has 0 atom stereocenters. The zero-order chi connectivity index (χ0) is 22.4. The van der Waals surface area contributed by atoms with Crippen molar-refractivity contribution >= 4 is 21.7 Å². The van der Waals surface area contributed by atoms with E-state index in [0.29, 0.717) is 32.1 Å². The third-order valence-electron chi connectivity index (χ3n) is 6.52. The number of nitrogens with zero attached hydrogens (tertiary/aromatic N) is 2. The Kier molecular flexibility index (Phi) is 5.00. The van der Waals surface area contributed by atoms with Gasteiger partial charge in [0, 0.05) is 28.9 Å². The molecule has 2 aliphatic heterocycles. The van der Waals surface area contributed by atoms with E-state index >= 15 is 0 Å². The highest BCUT2D eigenvalue weighted by Gasteiger charge is 2.27. The molecule has 4 aromatic rings. The van der Waals surface area contributed by atoms with E-state index in [4.69, 9.17) is 19.6 Å². The van der Waals surface area contributed by atoms with Crippen LogP contribution in [0, 0.1) is 0 Å². The summed E-state index contributed by atoms with van der Waals surface area (Å²) < 4.78 is 13.5. The van der Waals surface area contributed by atoms with Crippen LogP contribution in [0.25, 0.3) is 33.1 Å². The molecule has 168 valence electrons. The number of rotatable bonds is 6. The molecule has 2 aromatic heterocycles. The van der Waals surface area contributed by atoms with Crippen LogP contribution in [0.4, 0.5) is 0 Å². The Bertz CT molecular complexity index is 1440. The lowest BCUT2D eigenvalue weighted by molar-refractivity contribution is 0.172. The topological polar surface area (TPSA) is 85.6 Å². The molecule has 0 aliphatic carbocycles. The highest BCUT2D eigenvalue weighted by molar-refractivity contribution is 5.92. The number of benzene rings is 2. The number of pyridine rings is 2. The fourth-order valence-electron chi connectivity index (χ4n) is 4.98. The minimum atomic E-state index is 0.0201. The molecular weight excluding hydrogens is 418 g/mol. The first-order chi connectivity index (χ1) is 16.2. The number of nitrogens with one attached hydrogen (secondary N) is 1. The normalized spacial score (nSPS) is 14.0. The Balaban J connectivity index is 1.53. The monoisotopic (exact) mass is 443 g/mol. The molecule has 2 N–H and O–H groups in total. The minimum Gasteiger partial charge on any atom is -0.486 e. The standard InChI is InChI=1S/C26H25N3O4/c30-9-8-27-7-3-6-18-19-13-23-24(33-11-10-32-23)14-21(19)28-25-20(18)15-29-22(25)12-16-4-1-2-5-17(16)26(29)31/h1-2,4-5,12-14,27,30H,3,6-11,15H2. The Morgan fingerprint density at radius 2 is 1.85 bits per heavy atom. The SMILES string of the molecule is O=c1c2ccccc2cc2n1Cc1c-2nc2cc3c(cc2c1CCCNCCO)OCCO3. The molecule has 0 fully saturated rings. The first-order valence-electron chi connectivity index (χ1n) is 11.4. The quantitative estimate of drug-likeness (QED) is 0.393. The lowest BCUT2D eigenvalue weighted by atomic mass is 9.96. The Labute approximate surface area is 190 Å². The van der Waals surface area contributed by atoms with Gasteiger partial charge < -0.3 is 24.5 Å². The van der Waals surface area contributed by atoms with Crippen LogP contribution in [0.15, 0.2) is 47.3 Å². The highest BCUT2D eigenvalue weighted by Crippen LogP contribution is 2.41. The third kappa shape index (κ3) is 3.35. The summed E-state index contributed by atoms with van der Waals surface area (Å²) in [5.74, 6) is 1.46. The number of aryl methyl sites for hydroxylation is 1. The van der Waals surface area contributed by atoms with Gasteiger partial charge in [0.1, 0.15) is 13.2 Å². The molecule has 7 heteroatoms. The predicted octanol–water partition coefficient (Wildman–Crippen LogP) is 2.86. The number of aliphatic hydroxyl groups excluding tert-OH is 1. The molecule has 4 heterocycles. The zero-order valence-electron chi connectivity index (χ0n) is 18.3. The number of aliphatic hydroxyl groups is 1. The smallest absolute Gasteiger partial charge is 0.259 e. The molecule has 0 unspecified atom stereocenters. The van der Waals surface area contributed by atoms with E-state index in [1.54, 1.807) is 0 Å². The number of ether oxygens (including phenoxy) is 2. The Morgan fingerprint density at radius 1 is 1.03 bits per heavy atom. The molecule has 2 aromatic carbocycles. The summed E-state index contributed by atoms with van der Waals surface area (Å²) >= 11 is 0. The van der Waals surface area contributed by atoms with Gasteiger partial charge in [-0.25, -0.2) is 4.98 Å². The molecule has 0 bridgehead atoms. The molecule has 0 saturated heterocycles. The molecule has 6 rings (SSSR count). The molecule has 0 spiro atoms. The van der Waals surface area contributed by atoms with Crippen LogP contribution in [-0.2, 0) is 13.0 Å². The van der Waals surface area contributed by atoms with E-state index in [1.165, 1.54) is 5.56 Å². The summed E-state index contributed by atoms with van der Waals surface area (Å²) in [5, 5.41) is 15.0. The number of hydrogen-bond donors (Lipinski definition) is 2. The Hall–Kier alpha value is -3.42. The van der Waals surface area contributed by atoms with E-state index in [9.17, 15) is 4.79 Å². The summed E-state index contributed by atoms with van der Waals surface area (Å²) in [6.07, 6.45) is 1.74. The lowest BCUT2D eigenvalue weighted by Crippen LogP contribution is -2.20. The minimum absolute atomic E-state index is 0.0201. The third-order valence-corrected chi connectivity index (χ3v) is 6.52. The first-order valence-corrected chi connectivity index (χ1v) is 11.4. The summed E-state index contributed by atoms with van der Waals surface area (Å²) in [7, 11) is 0. The van der Waals surface area contributed by atoms with E-state index in [0.717, 1.165) is 63.8 Å². The average Bonchev–Trinajstić information content (AvgIpc) is 3.21. The second-order valence-electron chi connectivity index (χ2n) is 8.52. The van der Waals surface area contributed by atoms with Crippen LogP contribution in [-0.4, -0.2) is 47.6 Å². The molecule has 0 saturated carbocycles. The van der Waals surface area contributed by atoms with Gasteiger partial charge in [0.15, 0.2) is 11.5 Å². The molecule has 7 nitrogen and oxygen atoms in total. The molecule has 0 radical (unpaired) electrons. The van der Waals surface area contributed by atoms with Crippen molar-refractivity contribution in [1.82, 2.24) is 14.9 Å². The zero-order valence-corrected chi connectivity index (χ0v) is 18.3. The molecule has 2 aliphatic rings. The lowest BCUT2D eigenvalue weighted by Gasteiger charge is -2.20. The van der Waals surface area contributed by atoms with Gasteiger partial charge in [-0.1, -0.05) is 18.2 Å².